The molecule has 1 saturated heterocycles. The van der Waals surface area contributed by atoms with Crippen LogP contribution >= 0.6 is 11.6 Å². The SMILES string of the molecule is Cc1cc(Cl)ccc1OC(C)C(=O)NCc1ccc(N2CCCC2)nc1. The lowest BCUT2D eigenvalue weighted by molar-refractivity contribution is -0.127. The Morgan fingerprint density at radius 3 is 2.73 bits per heavy atom. The van der Waals surface area contributed by atoms with Gasteiger partial charge in [0, 0.05) is 30.9 Å². The number of ether oxygens (including phenoxy) is 1. The van der Waals surface area contributed by atoms with Gasteiger partial charge in [0.1, 0.15) is 11.6 Å². The summed E-state index contributed by atoms with van der Waals surface area (Å²) in [4.78, 5) is 19.1. The number of nitrogens with one attached hydrogen (secondary N) is 1. The maximum absolute atomic E-state index is 12.3. The van der Waals surface area contributed by atoms with Gasteiger partial charge in [-0.25, -0.2) is 4.98 Å². The average Bonchev–Trinajstić information content (AvgIpc) is 3.17. The maximum atomic E-state index is 12.3. The highest BCUT2D eigenvalue weighted by atomic mass is 35.5. The van der Waals surface area contributed by atoms with E-state index in [1.54, 1.807) is 19.1 Å². The van der Waals surface area contributed by atoms with E-state index in [-0.39, 0.29) is 5.91 Å². The molecular formula is C20H24ClN3O2. The molecule has 1 aromatic carbocycles. The van der Waals surface area contributed by atoms with E-state index in [2.05, 4.69) is 15.2 Å². The molecule has 2 heterocycles. The van der Waals surface area contributed by atoms with Crippen molar-refractivity contribution in [3.63, 3.8) is 0 Å². The second kappa shape index (κ2) is 8.41. The van der Waals surface area contributed by atoms with Crippen LogP contribution in [0.3, 0.4) is 0 Å². The first-order valence-corrected chi connectivity index (χ1v) is 9.31. The number of rotatable bonds is 6. The fraction of sp³-hybridized carbons (Fsp3) is 0.400. The van der Waals surface area contributed by atoms with Crippen molar-refractivity contribution in [2.24, 2.45) is 0 Å². The van der Waals surface area contributed by atoms with Gasteiger partial charge in [0.25, 0.3) is 5.91 Å². The minimum absolute atomic E-state index is 0.164. The fourth-order valence-corrected chi connectivity index (χ4v) is 3.20. The summed E-state index contributed by atoms with van der Waals surface area (Å²) in [6.07, 6.45) is 3.68. The molecule has 1 aromatic heterocycles. The van der Waals surface area contributed by atoms with E-state index in [1.807, 2.05) is 31.3 Å². The van der Waals surface area contributed by atoms with E-state index in [9.17, 15) is 4.79 Å². The predicted molar refractivity (Wildman–Crippen MR) is 104 cm³/mol. The smallest absolute Gasteiger partial charge is 0.261 e. The Balaban J connectivity index is 1.51. The summed E-state index contributed by atoms with van der Waals surface area (Å²) >= 11 is 5.94. The highest BCUT2D eigenvalue weighted by Gasteiger charge is 2.16. The molecule has 1 aliphatic heterocycles. The molecule has 138 valence electrons. The van der Waals surface area contributed by atoms with E-state index in [0.717, 1.165) is 30.0 Å². The van der Waals surface area contributed by atoms with Crippen molar-refractivity contribution in [2.45, 2.75) is 39.3 Å². The first kappa shape index (κ1) is 18.5. The number of benzene rings is 1. The number of hydrogen-bond donors (Lipinski definition) is 1. The average molecular weight is 374 g/mol. The van der Waals surface area contributed by atoms with Gasteiger partial charge in [0.05, 0.1) is 0 Å². The summed E-state index contributed by atoms with van der Waals surface area (Å²) in [6, 6.07) is 9.37. The number of amides is 1. The standard InChI is InChI=1S/C20H24ClN3O2/c1-14-11-17(21)6-7-18(14)26-15(2)20(25)23-13-16-5-8-19(22-12-16)24-9-3-4-10-24/h5-8,11-12,15H,3-4,9-10,13H2,1-2H3,(H,23,25). The normalized spacial score (nSPS) is 15.0. The summed E-state index contributed by atoms with van der Waals surface area (Å²) in [7, 11) is 0. The van der Waals surface area contributed by atoms with E-state index >= 15 is 0 Å². The molecule has 0 saturated carbocycles. The van der Waals surface area contributed by atoms with E-state index < -0.39 is 6.10 Å². The molecule has 5 nitrogen and oxygen atoms in total. The molecule has 2 aromatic rings. The molecule has 1 atom stereocenters. The van der Waals surface area contributed by atoms with Crippen LogP contribution in [0.15, 0.2) is 36.5 Å². The molecular weight excluding hydrogens is 350 g/mol. The zero-order valence-corrected chi connectivity index (χ0v) is 15.9. The molecule has 1 unspecified atom stereocenters. The minimum Gasteiger partial charge on any atom is -0.481 e. The maximum Gasteiger partial charge on any atom is 0.261 e. The van der Waals surface area contributed by atoms with Crippen LogP contribution < -0.4 is 15.0 Å². The third kappa shape index (κ3) is 4.67. The van der Waals surface area contributed by atoms with Crippen molar-refractivity contribution < 1.29 is 9.53 Å². The first-order chi connectivity index (χ1) is 12.5. The second-order valence-corrected chi connectivity index (χ2v) is 7.04. The van der Waals surface area contributed by atoms with Crippen molar-refractivity contribution in [3.8, 4) is 5.75 Å². The minimum atomic E-state index is -0.591. The van der Waals surface area contributed by atoms with E-state index in [0.29, 0.717) is 17.3 Å². The van der Waals surface area contributed by atoms with Crippen molar-refractivity contribution in [3.05, 3.63) is 52.7 Å². The Hall–Kier alpha value is -2.27. The summed E-state index contributed by atoms with van der Waals surface area (Å²) in [5.41, 5.74) is 1.87. The number of anilines is 1. The van der Waals surface area contributed by atoms with E-state index in [4.69, 9.17) is 16.3 Å². The quantitative estimate of drug-likeness (QED) is 0.838. The number of aromatic nitrogens is 1. The fourth-order valence-electron chi connectivity index (χ4n) is 2.98. The number of hydrogen-bond acceptors (Lipinski definition) is 4. The molecule has 26 heavy (non-hydrogen) atoms. The zero-order valence-electron chi connectivity index (χ0n) is 15.2. The largest absolute Gasteiger partial charge is 0.481 e. The van der Waals surface area contributed by atoms with Gasteiger partial charge in [0.2, 0.25) is 0 Å². The lowest BCUT2D eigenvalue weighted by Gasteiger charge is -2.17. The van der Waals surface area contributed by atoms with E-state index in [1.165, 1.54) is 12.8 Å². The van der Waals surface area contributed by atoms with Crippen LogP contribution in [0.25, 0.3) is 0 Å². The van der Waals surface area contributed by atoms with Gasteiger partial charge in [-0.2, -0.15) is 0 Å². The van der Waals surface area contributed by atoms with Crippen LogP contribution in [-0.2, 0) is 11.3 Å². The Morgan fingerprint density at radius 2 is 2.08 bits per heavy atom. The first-order valence-electron chi connectivity index (χ1n) is 8.93. The van der Waals surface area contributed by atoms with Crippen LogP contribution in [-0.4, -0.2) is 30.1 Å². The van der Waals surface area contributed by atoms with Crippen molar-refractivity contribution >= 4 is 23.3 Å². The van der Waals surface area contributed by atoms with Gasteiger partial charge in [-0.05, 0) is 62.1 Å². The van der Waals surface area contributed by atoms with Crippen molar-refractivity contribution in [1.29, 1.82) is 0 Å². The molecule has 0 spiro atoms. The molecule has 1 aliphatic rings. The molecule has 3 rings (SSSR count). The van der Waals surface area contributed by atoms with Crippen molar-refractivity contribution in [2.75, 3.05) is 18.0 Å². The molecule has 1 N–H and O–H groups in total. The highest BCUT2D eigenvalue weighted by Crippen LogP contribution is 2.23. The van der Waals surface area contributed by atoms with Gasteiger partial charge < -0.3 is 15.0 Å². The third-order valence-electron chi connectivity index (χ3n) is 4.52. The summed E-state index contributed by atoms with van der Waals surface area (Å²) in [5, 5.41) is 3.55. The van der Waals surface area contributed by atoms with Gasteiger partial charge in [-0.15, -0.1) is 0 Å². The van der Waals surface area contributed by atoms with Gasteiger partial charge in [-0.1, -0.05) is 17.7 Å². The summed E-state index contributed by atoms with van der Waals surface area (Å²) < 4.78 is 5.74. The number of carbonyl (C=O) groups is 1. The molecule has 0 bridgehead atoms. The topological polar surface area (TPSA) is 54.5 Å². The monoisotopic (exact) mass is 373 g/mol. The second-order valence-electron chi connectivity index (χ2n) is 6.61. The number of aryl methyl sites for hydroxylation is 1. The van der Waals surface area contributed by atoms with Crippen LogP contribution in [0.5, 0.6) is 5.75 Å². The van der Waals surface area contributed by atoms with Crippen LogP contribution in [0.2, 0.25) is 5.02 Å². The molecule has 1 amide bonds. The molecule has 0 radical (unpaired) electrons. The Labute approximate surface area is 159 Å². The molecule has 0 aliphatic carbocycles. The third-order valence-corrected chi connectivity index (χ3v) is 4.75. The highest BCUT2D eigenvalue weighted by molar-refractivity contribution is 6.30. The van der Waals surface area contributed by atoms with Gasteiger partial charge >= 0.3 is 0 Å². The number of carbonyl (C=O) groups excluding carboxylic acids is 1. The van der Waals surface area contributed by atoms with Gasteiger partial charge in [0.15, 0.2) is 6.10 Å². The molecule has 1 fully saturated rings. The van der Waals surface area contributed by atoms with Gasteiger partial charge in [-0.3, -0.25) is 4.79 Å². The van der Waals surface area contributed by atoms with Crippen LogP contribution in [0.4, 0.5) is 5.82 Å². The van der Waals surface area contributed by atoms with Crippen molar-refractivity contribution in [1.82, 2.24) is 10.3 Å². The Morgan fingerprint density at radius 1 is 1.31 bits per heavy atom. The summed E-state index contributed by atoms with van der Waals surface area (Å²) in [5.74, 6) is 1.50. The summed E-state index contributed by atoms with van der Waals surface area (Å²) in [6.45, 7) is 6.21. The molecule has 6 heteroatoms. The lowest BCUT2D eigenvalue weighted by Crippen LogP contribution is -2.36. The number of pyridine rings is 1. The lowest BCUT2D eigenvalue weighted by atomic mass is 10.2. The van der Waals surface area contributed by atoms with Crippen LogP contribution in [0, 0.1) is 6.92 Å². The predicted octanol–water partition coefficient (Wildman–Crippen LogP) is 3.73. The number of halogens is 1. The van der Waals surface area contributed by atoms with Crippen LogP contribution in [0.1, 0.15) is 30.9 Å². The zero-order chi connectivity index (χ0) is 18.5. The Bertz CT molecular complexity index is 758. The Kier molecular flexibility index (Phi) is 5.99. The number of nitrogens with zero attached hydrogens (tertiary/aromatic N) is 2.